The largest absolute Gasteiger partial charge is 0.226 e. The van der Waals surface area contributed by atoms with Crippen molar-refractivity contribution < 1.29 is 0 Å². The molecule has 3 nitrogen and oxygen atoms in total. The molecule has 8 rings (SSSR count). The van der Waals surface area contributed by atoms with Crippen LogP contribution in [-0.2, 0) is 0 Å². The van der Waals surface area contributed by atoms with Gasteiger partial charge in [0, 0.05) is 11.1 Å². The first kappa shape index (κ1) is 28.1. The van der Waals surface area contributed by atoms with Crippen molar-refractivity contribution in [2.75, 3.05) is 0 Å². The van der Waals surface area contributed by atoms with Crippen LogP contribution in [0.4, 0.5) is 0 Å². The lowest BCUT2D eigenvalue weighted by Crippen LogP contribution is -2.74. The van der Waals surface area contributed by atoms with Crippen molar-refractivity contribution in [3.8, 4) is 22.8 Å². The van der Waals surface area contributed by atoms with E-state index in [1.165, 1.54) is 26.1 Å². The van der Waals surface area contributed by atoms with Crippen molar-refractivity contribution in [2.24, 2.45) is 0 Å². The van der Waals surface area contributed by atoms with Crippen molar-refractivity contribution in [1.29, 1.82) is 0 Å². The van der Waals surface area contributed by atoms with Gasteiger partial charge < -0.3 is 0 Å². The molecule has 5 heteroatoms. The van der Waals surface area contributed by atoms with Crippen molar-refractivity contribution >= 4 is 62.0 Å². The van der Waals surface area contributed by atoms with E-state index < -0.39 is 8.07 Å². The summed E-state index contributed by atoms with van der Waals surface area (Å²) in [6.45, 7) is 0. The van der Waals surface area contributed by atoms with Gasteiger partial charge in [0.2, 0.25) is 5.28 Å². The van der Waals surface area contributed by atoms with Crippen LogP contribution in [0.15, 0.2) is 170 Å². The molecular weight excluding hydrogens is 598 g/mol. The van der Waals surface area contributed by atoms with Gasteiger partial charge in [-0.2, -0.15) is 9.97 Å². The Bertz CT molecular complexity index is 2230. The van der Waals surface area contributed by atoms with Crippen LogP contribution in [0.3, 0.4) is 0 Å². The van der Waals surface area contributed by atoms with Crippen LogP contribution in [0.2, 0.25) is 5.28 Å². The Morgan fingerprint density at radius 1 is 0.391 bits per heavy atom. The average Bonchev–Trinajstić information content (AvgIpc) is 3.13. The molecular formula is C41H28ClN3Si. The molecule has 0 saturated heterocycles. The van der Waals surface area contributed by atoms with Crippen LogP contribution in [-0.4, -0.2) is 23.0 Å². The molecule has 0 atom stereocenters. The maximum atomic E-state index is 6.68. The zero-order valence-electron chi connectivity index (χ0n) is 24.9. The fraction of sp³-hybridized carbons (Fsp3) is 0. The van der Waals surface area contributed by atoms with E-state index >= 15 is 0 Å². The van der Waals surface area contributed by atoms with Crippen LogP contribution in [0.5, 0.6) is 0 Å². The van der Waals surface area contributed by atoms with E-state index in [0.717, 1.165) is 27.3 Å². The predicted octanol–water partition coefficient (Wildman–Crippen LogP) is 7.54. The number of aromatic nitrogens is 3. The Hall–Kier alpha value is -5.42. The Morgan fingerprint density at radius 2 is 0.891 bits per heavy atom. The molecule has 0 bridgehead atoms. The summed E-state index contributed by atoms with van der Waals surface area (Å²) in [5.74, 6) is 1.10. The monoisotopic (exact) mass is 625 g/mol. The first-order chi connectivity index (χ1) is 22.7. The summed E-state index contributed by atoms with van der Waals surface area (Å²) in [6, 6.07) is 60.3. The Morgan fingerprint density at radius 3 is 1.52 bits per heavy atom. The third kappa shape index (κ3) is 4.80. The van der Waals surface area contributed by atoms with Crippen molar-refractivity contribution in [3.63, 3.8) is 0 Å². The molecule has 0 aliphatic rings. The summed E-state index contributed by atoms with van der Waals surface area (Å²) >= 11 is 6.68. The van der Waals surface area contributed by atoms with E-state index in [1.807, 2.05) is 0 Å². The molecule has 0 fully saturated rings. The smallest absolute Gasteiger partial charge is 0.208 e. The third-order valence-electron chi connectivity index (χ3n) is 8.79. The Labute approximate surface area is 273 Å². The molecule has 0 amide bonds. The molecule has 218 valence electrons. The van der Waals surface area contributed by atoms with Crippen LogP contribution in [0, 0.1) is 0 Å². The highest BCUT2D eigenvalue weighted by atomic mass is 35.5. The highest BCUT2D eigenvalue weighted by Crippen LogP contribution is 2.34. The van der Waals surface area contributed by atoms with Gasteiger partial charge in [0.15, 0.2) is 19.7 Å². The summed E-state index contributed by atoms with van der Waals surface area (Å²) in [7, 11) is -2.73. The SMILES string of the molecule is Clc1nc(-c2cccc([Si](c3ccccc3)(c3ccccc3)c3ccccc3)c2)nc(-c2cc3ccccc3c3ccccc23)n1. The average molecular weight is 626 g/mol. The number of hydrogen-bond acceptors (Lipinski definition) is 3. The van der Waals surface area contributed by atoms with Gasteiger partial charge in [-0.15, -0.1) is 0 Å². The molecule has 7 aromatic carbocycles. The highest BCUT2D eigenvalue weighted by molar-refractivity contribution is 7.19. The minimum absolute atomic E-state index is 0.167. The van der Waals surface area contributed by atoms with Gasteiger partial charge in [-0.25, -0.2) is 4.98 Å². The third-order valence-corrected chi connectivity index (χ3v) is 13.7. The van der Waals surface area contributed by atoms with E-state index in [2.05, 4.69) is 180 Å². The highest BCUT2D eigenvalue weighted by Gasteiger charge is 2.41. The number of benzene rings is 7. The second kappa shape index (κ2) is 11.8. The van der Waals surface area contributed by atoms with E-state index in [-0.39, 0.29) is 5.28 Å². The van der Waals surface area contributed by atoms with E-state index in [1.54, 1.807) is 0 Å². The van der Waals surface area contributed by atoms with Gasteiger partial charge in [0.25, 0.3) is 0 Å². The number of hydrogen-bond donors (Lipinski definition) is 0. The van der Waals surface area contributed by atoms with Crippen molar-refractivity contribution in [1.82, 2.24) is 15.0 Å². The molecule has 0 aliphatic heterocycles. The minimum atomic E-state index is -2.73. The standard InChI is InChI=1S/C41H28ClN3Si/c42-41-44-39(43-40(45-41)38-28-29-15-10-11-24-35(29)36-25-12-13-26-37(36)38)30-16-14-23-34(27-30)46(31-17-4-1-5-18-31,32-19-6-2-7-20-32)33-21-8-3-9-22-33/h1-28H. The van der Waals surface area contributed by atoms with Crippen LogP contribution in [0.25, 0.3) is 44.3 Å². The topological polar surface area (TPSA) is 38.7 Å². The molecule has 8 aromatic rings. The molecule has 0 spiro atoms. The summed E-state index contributed by atoms with van der Waals surface area (Å²) in [6.07, 6.45) is 0. The number of nitrogens with zero attached hydrogens (tertiary/aromatic N) is 3. The fourth-order valence-electron chi connectivity index (χ4n) is 6.79. The molecule has 0 aliphatic carbocycles. The molecule has 0 unspecified atom stereocenters. The summed E-state index contributed by atoms with van der Waals surface area (Å²) in [5.41, 5.74) is 1.82. The molecule has 0 N–H and O–H groups in total. The lowest BCUT2D eigenvalue weighted by molar-refractivity contribution is 1.07. The molecule has 46 heavy (non-hydrogen) atoms. The number of fused-ring (bicyclic) bond motifs is 3. The Balaban J connectivity index is 1.35. The van der Waals surface area contributed by atoms with Crippen molar-refractivity contribution in [2.45, 2.75) is 0 Å². The predicted molar refractivity (Wildman–Crippen MR) is 194 cm³/mol. The first-order valence-corrected chi connectivity index (χ1v) is 17.7. The normalized spacial score (nSPS) is 11.6. The second-order valence-electron chi connectivity index (χ2n) is 11.4. The van der Waals surface area contributed by atoms with Crippen LogP contribution in [0.1, 0.15) is 0 Å². The van der Waals surface area contributed by atoms with Crippen LogP contribution >= 0.6 is 11.6 Å². The maximum Gasteiger partial charge on any atom is 0.226 e. The van der Waals surface area contributed by atoms with E-state index in [9.17, 15) is 0 Å². The Kier molecular flexibility index (Phi) is 7.22. The molecule has 1 heterocycles. The minimum Gasteiger partial charge on any atom is -0.208 e. The van der Waals surface area contributed by atoms with E-state index in [0.29, 0.717) is 11.6 Å². The summed E-state index contributed by atoms with van der Waals surface area (Å²) in [4.78, 5) is 14.4. The summed E-state index contributed by atoms with van der Waals surface area (Å²) in [5, 5.41) is 9.87. The zero-order valence-corrected chi connectivity index (χ0v) is 26.6. The molecule has 0 radical (unpaired) electrons. The molecule has 0 saturated carbocycles. The lowest BCUT2D eigenvalue weighted by Gasteiger charge is -2.34. The fourth-order valence-corrected chi connectivity index (χ4v) is 11.8. The van der Waals surface area contributed by atoms with Gasteiger partial charge in [-0.3, -0.25) is 0 Å². The van der Waals surface area contributed by atoms with Gasteiger partial charge in [0.05, 0.1) is 0 Å². The zero-order chi connectivity index (χ0) is 30.9. The first-order valence-electron chi connectivity index (χ1n) is 15.3. The number of rotatable bonds is 6. The number of halogens is 1. The van der Waals surface area contributed by atoms with E-state index in [4.69, 9.17) is 16.6 Å². The van der Waals surface area contributed by atoms with Gasteiger partial charge in [0.1, 0.15) is 0 Å². The maximum absolute atomic E-state index is 6.68. The van der Waals surface area contributed by atoms with Gasteiger partial charge in [-0.1, -0.05) is 164 Å². The lowest BCUT2D eigenvalue weighted by atomic mass is 9.97. The van der Waals surface area contributed by atoms with Gasteiger partial charge >= 0.3 is 0 Å². The second-order valence-corrected chi connectivity index (χ2v) is 15.5. The summed E-state index contributed by atoms with van der Waals surface area (Å²) < 4.78 is 0. The quantitative estimate of drug-likeness (QED) is 0.109. The van der Waals surface area contributed by atoms with Crippen LogP contribution < -0.4 is 20.7 Å². The molecule has 1 aromatic heterocycles. The van der Waals surface area contributed by atoms with Gasteiger partial charge in [-0.05, 0) is 60.0 Å². The van der Waals surface area contributed by atoms with Crippen molar-refractivity contribution in [3.05, 3.63) is 175 Å².